The molecule has 1 aromatic rings. The molecule has 4 nitrogen and oxygen atoms in total. The van der Waals surface area contributed by atoms with Crippen molar-refractivity contribution in [1.29, 1.82) is 0 Å². The Balaban J connectivity index is 2.60. The highest BCUT2D eigenvalue weighted by molar-refractivity contribution is 7.84. The number of hydrogen-bond acceptors (Lipinski definition) is 3. The number of rotatable bonds is 4. The number of hydrogen-bond donors (Lipinski definition) is 1. The van der Waals surface area contributed by atoms with E-state index in [2.05, 4.69) is 10.3 Å². The minimum Gasteiger partial charge on any atom is -0.351 e. The zero-order chi connectivity index (χ0) is 12.1. The smallest absolute Gasteiger partial charge is 0.255 e. The Hall–Kier alpha value is -1.30. The minimum atomic E-state index is -1.01. The van der Waals surface area contributed by atoms with E-state index in [0.717, 1.165) is 0 Å². The Labute approximate surface area is 95.7 Å². The van der Waals surface area contributed by atoms with E-state index in [4.69, 9.17) is 0 Å². The third-order valence-electron chi connectivity index (χ3n) is 2.12. The number of pyridine rings is 1. The van der Waals surface area contributed by atoms with Crippen molar-refractivity contribution >= 4 is 16.7 Å². The summed E-state index contributed by atoms with van der Waals surface area (Å²) in [5.41, 5.74) is -0.100. The Morgan fingerprint density at radius 2 is 2.38 bits per heavy atom. The molecule has 1 rings (SSSR count). The number of carbonyl (C=O) groups is 1. The third-order valence-corrected chi connectivity index (χ3v) is 3.42. The second kappa shape index (κ2) is 5.69. The van der Waals surface area contributed by atoms with E-state index in [1.165, 1.54) is 18.3 Å². The van der Waals surface area contributed by atoms with Gasteiger partial charge in [0.2, 0.25) is 5.95 Å². The van der Waals surface area contributed by atoms with Crippen LogP contribution in [0.2, 0.25) is 0 Å². The van der Waals surface area contributed by atoms with E-state index in [-0.39, 0.29) is 17.4 Å². The van der Waals surface area contributed by atoms with E-state index >= 15 is 0 Å². The van der Waals surface area contributed by atoms with Crippen molar-refractivity contribution in [3.63, 3.8) is 0 Å². The van der Waals surface area contributed by atoms with Crippen molar-refractivity contribution in [2.45, 2.75) is 12.2 Å². The Kier molecular flexibility index (Phi) is 4.54. The summed E-state index contributed by atoms with van der Waals surface area (Å²) in [6.45, 7) is 1.99. The molecule has 2 unspecified atom stereocenters. The highest BCUT2D eigenvalue weighted by Gasteiger charge is 2.13. The second-order valence-corrected chi connectivity index (χ2v) is 5.16. The van der Waals surface area contributed by atoms with Gasteiger partial charge in [-0.15, -0.1) is 0 Å². The quantitative estimate of drug-likeness (QED) is 0.794. The molecule has 1 N–H and O–H groups in total. The molecule has 0 spiro atoms. The van der Waals surface area contributed by atoms with E-state index in [1.807, 2.05) is 0 Å². The number of nitrogens with one attached hydrogen (secondary N) is 1. The number of halogens is 1. The van der Waals surface area contributed by atoms with Gasteiger partial charge in [0.15, 0.2) is 0 Å². The molecular weight excluding hydrogens is 231 g/mol. The fourth-order valence-corrected chi connectivity index (χ4v) is 1.32. The van der Waals surface area contributed by atoms with E-state index < -0.39 is 22.7 Å². The van der Waals surface area contributed by atoms with E-state index in [9.17, 15) is 13.4 Å². The summed E-state index contributed by atoms with van der Waals surface area (Å²) in [5, 5.41) is 2.35. The van der Waals surface area contributed by atoms with Crippen LogP contribution in [0.3, 0.4) is 0 Å². The van der Waals surface area contributed by atoms with Gasteiger partial charge in [0.1, 0.15) is 0 Å². The molecule has 0 saturated heterocycles. The maximum Gasteiger partial charge on any atom is 0.255 e. The second-order valence-electron chi connectivity index (χ2n) is 3.36. The summed E-state index contributed by atoms with van der Waals surface area (Å²) in [4.78, 5) is 14.9. The van der Waals surface area contributed by atoms with Crippen LogP contribution >= 0.6 is 0 Å². The average molecular weight is 244 g/mol. The highest BCUT2D eigenvalue weighted by atomic mass is 32.2. The van der Waals surface area contributed by atoms with Gasteiger partial charge >= 0.3 is 0 Å². The van der Waals surface area contributed by atoms with Gasteiger partial charge < -0.3 is 5.32 Å². The summed E-state index contributed by atoms with van der Waals surface area (Å²) in [6, 6.07) is 2.84. The molecule has 0 aliphatic carbocycles. The Morgan fingerprint density at radius 3 is 2.94 bits per heavy atom. The van der Waals surface area contributed by atoms with Crippen molar-refractivity contribution in [2.75, 3.05) is 12.8 Å². The first kappa shape index (κ1) is 12.8. The number of aromatic nitrogens is 1. The molecule has 88 valence electrons. The topological polar surface area (TPSA) is 59.1 Å². The molecule has 0 saturated carbocycles. The van der Waals surface area contributed by atoms with Crippen LogP contribution in [0.5, 0.6) is 0 Å². The maximum atomic E-state index is 13.1. The molecule has 0 aliphatic heterocycles. The molecular formula is C10H13FN2O2S. The van der Waals surface area contributed by atoms with Crippen LogP contribution in [-0.2, 0) is 10.8 Å². The SMILES string of the molecule is CC(CNC(=O)c1cccnc1F)S(C)=O. The first-order chi connectivity index (χ1) is 7.52. The van der Waals surface area contributed by atoms with Gasteiger partial charge in [0, 0.05) is 35.0 Å². The fraction of sp³-hybridized carbons (Fsp3) is 0.400. The molecule has 6 heteroatoms. The van der Waals surface area contributed by atoms with Crippen LogP contribution < -0.4 is 5.32 Å². The number of nitrogens with zero attached hydrogens (tertiary/aromatic N) is 1. The van der Waals surface area contributed by atoms with Crippen LogP contribution in [0.4, 0.5) is 4.39 Å². The monoisotopic (exact) mass is 244 g/mol. The standard InChI is InChI=1S/C10H13FN2O2S/c1-7(16(2)15)6-13-10(14)8-4-3-5-12-9(8)11/h3-5,7H,6H2,1-2H3,(H,13,14). The lowest BCUT2D eigenvalue weighted by Gasteiger charge is -2.09. The van der Waals surface area contributed by atoms with Gasteiger partial charge in [0.25, 0.3) is 5.91 Å². The minimum absolute atomic E-state index is 0.100. The van der Waals surface area contributed by atoms with Crippen molar-refractivity contribution in [3.8, 4) is 0 Å². The molecule has 0 aromatic carbocycles. The van der Waals surface area contributed by atoms with Crippen molar-refractivity contribution < 1.29 is 13.4 Å². The molecule has 16 heavy (non-hydrogen) atoms. The van der Waals surface area contributed by atoms with Gasteiger partial charge in [-0.25, -0.2) is 4.98 Å². The van der Waals surface area contributed by atoms with E-state index in [0.29, 0.717) is 0 Å². The largest absolute Gasteiger partial charge is 0.351 e. The fourth-order valence-electron chi connectivity index (χ4n) is 1.00. The van der Waals surface area contributed by atoms with Crippen LogP contribution in [0.1, 0.15) is 17.3 Å². The first-order valence-electron chi connectivity index (χ1n) is 4.73. The molecule has 1 amide bonds. The summed E-state index contributed by atoms with van der Waals surface area (Å²) in [5.74, 6) is -1.34. The zero-order valence-corrected chi connectivity index (χ0v) is 9.88. The Morgan fingerprint density at radius 1 is 1.69 bits per heavy atom. The first-order valence-corrected chi connectivity index (χ1v) is 6.35. The lowest BCUT2D eigenvalue weighted by atomic mass is 10.2. The molecule has 1 aromatic heterocycles. The van der Waals surface area contributed by atoms with Gasteiger partial charge in [-0.05, 0) is 19.1 Å². The van der Waals surface area contributed by atoms with Gasteiger partial charge in [-0.1, -0.05) is 0 Å². The van der Waals surface area contributed by atoms with Crippen LogP contribution in [0.25, 0.3) is 0 Å². The molecule has 0 radical (unpaired) electrons. The summed E-state index contributed by atoms with van der Waals surface area (Å²) < 4.78 is 24.1. The van der Waals surface area contributed by atoms with Crippen molar-refractivity contribution in [2.24, 2.45) is 0 Å². The summed E-state index contributed by atoms with van der Waals surface area (Å²) in [6.07, 6.45) is 2.83. The number of amides is 1. The molecule has 0 aliphatic rings. The molecule has 0 fully saturated rings. The van der Waals surface area contributed by atoms with Crippen LogP contribution in [-0.4, -0.2) is 33.2 Å². The van der Waals surface area contributed by atoms with E-state index in [1.54, 1.807) is 13.2 Å². The summed E-state index contributed by atoms with van der Waals surface area (Å²) >= 11 is 0. The molecule has 1 heterocycles. The molecule has 0 bridgehead atoms. The normalized spacial score (nSPS) is 14.2. The number of carbonyl (C=O) groups excluding carboxylic acids is 1. The van der Waals surface area contributed by atoms with Crippen LogP contribution in [0.15, 0.2) is 18.3 Å². The van der Waals surface area contributed by atoms with Gasteiger partial charge in [-0.2, -0.15) is 4.39 Å². The van der Waals surface area contributed by atoms with Crippen LogP contribution in [0, 0.1) is 5.95 Å². The predicted octanol–water partition coefficient (Wildman–Crippen LogP) is 0.718. The predicted molar refractivity (Wildman–Crippen MR) is 60.1 cm³/mol. The lowest BCUT2D eigenvalue weighted by molar-refractivity contribution is 0.0949. The summed E-state index contributed by atoms with van der Waals surface area (Å²) in [7, 11) is -1.01. The van der Waals surface area contributed by atoms with Crippen molar-refractivity contribution in [1.82, 2.24) is 10.3 Å². The maximum absolute atomic E-state index is 13.1. The lowest BCUT2D eigenvalue weighted by Crippen LogP contribution is -2.33. The van der Waals surface area contributed by atoms with Gasteiger partial charge in [0.05, 0.1) is 5.56 Å². The third kappa shape index (κ3) is 3.37. The zero-order valence-electron chi connectivity index (χ0n) is 9.07. The highest BCUT2D eigenvalue weighted by Crippen LogP contribution is 2.02. The average Bonchev–Trinajstić information content (AvgIpc) is 2.25. The van der Waals surface area contributed by atoms with Gasteiger partial charge in [-0.3, -0.25) is 9.00 Å². The van der Waals surface area contributed by atoms with Crippen molar-refractivity contribution in [3.05, 3.63) is 29.8 Å². The Bertz CT molecular complexity index is 412. The molecule has 2 atom stereocenters.